The molecule has 0 saturated carbocycles. The smallest absolute Gasteiger partial charge is 0.148 e. The highest BCUT2D eigenvalue weighted by Crippen LogP contribution is 2.25. The number of aryl methyl sites for hydroxylation is 2. The van der Waals surface area contributed by atoms with Crippen LogP contribution >= 0.6 is 0 Å². The Bertz CT molecular complexity index is 417. The molecule has 0 spiro atoms. The van der Waals surface area contributed by atoms with Crippen molar-refractivity contribution in [1.82, 2.24) is 0 Å². The Morgan fingerprint density at radius 3 is 1.72 bits per heavy atom. The van der Waals surface area contributed by atoms with E-state index >= 15 is 0 Å². The number of nitrogens with zero attached hydrogens (tertiary/aromatic N) is 1. The molecule has 2 unspecified atom stereocenters. The number of hydrogen-bond donors (Lipinski definition) is 2. The van der Waals surface area contributed by atoms with Crippen LogP contribution < -0.4 is 4.90 Å². The maximum absolute atomic E-state index is 9.92. The Balaban J connectivity index is 3.29. The van der Waals surface area contributed by atoms with E-state index in [9.17, 15) is 10.2 Å². The van der Waals surface area contributed by atoms with Gasteiger partial charge in [-0.05, 0) is 61.7 Å². The zero-order valence-corrected chi connectivity index (χ0v) is 11.2. The van der Waals surface area contributed by atoms with Crippen molar-refractivity contribution in [2.75, 3.05) is 4.90 Å². The van der Waals surface area contributed by atoms with E-state index in [2.05, 4.69) is 13.2 Å². The highest BCUT2D eigenvalue weighted by atomic mass is 16.3. The van der Waals surface area contributed by atoms with Gasteiger partial charge in [-0.2, -0.15) is 0 Å². The van der Waals surface area contributed by atoms with Crippen molar-refractivity contribution in [2.45, 2.75) is 33.2 Å². The highest BCUT2D eigenvalue weighted by molar-refractivity contribution is 5.55. The van der Waals surface area contributed by atoms with Gasteiger partial charge in [0.15, 0.2) is 0 Å². The van der Waals surface area contributed by atoms with Crippen LogP contribution in [0, 0.1) is 20.8 Å². The van der Waals surface area contributed by atoms with E-state index in [1.165, 1.54) is 22.6 Å². The number of aliphatic hydroxyl groups excluding tert-OH is 2. The minimum atomic E-state index is -0.959. The summed E-state index contributed by atoms with van der Waals surface area (Å²) in [6.07, 6.45) is 0.827. The summed E-state index contributed by atoms with van der Waals surface area (Å²) in [6, 6.07) is 3.86. The van der Waals surface area contributed by atoms with Crippen LogP contribution in [0.2, 0.25) is 0 Å². The van der Waals surface area contributed by atoms with E-state index in [0.29, 0.717) is 0 Å². The van der Waals surface area contributed by atoms with E-state index in [1.54, 1.807) is 0 Å². The van der Waals surface area contributed by atoms with Crippen molar-refractivity contribution in [2.24, 2.45) is 0 Å². The van der Waals surface area contributed by atoms with Crippen LogP contribution in [0.1, 0.15) is 16.7 Å². The lowest BCUT2D eigenvalue weighted by Gasteiger charge is -2.32. The first kappa shape index (κ1) is 14.5. The molecule has 0 bridgehead atoms. The van der Waals surface area contributed by atoms with Crippen LogP contribution in [0.15, 0.2) is 37.4 Å². The maximum Gasteiger partial charge on any atom is 0.148 e. The van der Waals surface area contributed by atoms with Gasteiger partial charge in [-0.15, -0.1) is 0 Å². The summed E-state index contributed by atoms with van der Waals surface area (Å²) in [5.74, 6) is 0. The highest BCUT2D eigenvalue weighted by Gasteiger charge is 2.20. The molecule has 2 N–H and O–H groups in total. The molecule has 2 atom stereocenters. The Morgan fingerprint density at radius 1 is 1.00 bits per heavy atom. The Hall–Kier alpha value is -1.58. The molecule has 0 aliphatic carbocycles. The van der Waals surface area contributed by atoms with Crippen molar-refractivity contribution >= 4 is 5.69 Å². The van der Waals surface area contributed by atoms with Gasteiger partial charge in [0, 0.05) is 5.69 Å². The summed E-state index contributed by atoms with van der Waals surface area (Å²) in [5, 5.41) is 19.8. The third-order valence-corrected chi connectivity index (χ3v) is 3.20. The van der Waals surface area contributed by atoms with Gasteiger partial charge in [-0.25, -0.2) is 0 Å². The van der Waals surface area contributed by atoms with E-state index in [0.717, 1.165) is 16.8 Å². The molecule has 0 amide bonds. The van der Waals surface area contributed by atoms with Gasteiger partial charge in [0.1, 0.15) is 12.5 Å². The molecule has 0 saturated heterocycles. The van der Waals surface area contributed by atoms with Crippen LogP contribution in [0.3, 0.4) is 0 Å². The fraction of sp³-hybridized carbons (Fsp3) is 0.333. The lowest BCUT2D eigenvalue weighted by Crippen LogP contribution is -2.41. The molecule has 0 heterocycles. The van der Waals surface area contributed by atoms with Gasteiger partial charge in [0.25, 0.3) is 0 Å². The van der Waals surface area contributed by atoms with Crippen molar-refractivity contribution in [3.8, 4) is 0 Å². The zero-order chi connectivity index (χ0) is 13.9. The normalized spacial score (nSPS) is 13.8. The molecule has 0 aliphatic rings. The average Bonchev–Trinajstić information content (AvgIpc) is 2.35. The average molecular weight is 247 g/mol. The molecule has 18 heavy (non-hydrogen) atoms. The standard InChI is InChI=1S/C15H21NO2/c1-6-14(17)16(15(18)7-2)13-8-10(3)12(5)11(4)9-13/h6-9,14-15,17-18H,1-2H2,3-5H3. The third-order valence-electron chi connectivity index (χ3n) is 3.20. The fourth-order valence-corrected chi connectivity index (χ4v) is 1.85. The molecule has 1 aromatic carbocycles. The van der Waals surface area contributed by atoms with E-state index in [1.807, 2.05) is 32.9 Å². The zero-order valence-electron chi connectivity index (χ0n) is 11.2. The molecule has 0 aliphatic heterocycles. The van der Waals surface area contributed by atoms with Gasteiger partial charge < -0.3 is 15.1 Å². The molecule has 0 fully saturated rings. The number of anilines is 1. The summed E-state index contributed by atoms with van der Waals surface area (Å²) in [6.45, 7) is 13.2. The SMILES string of the molecule is C=CC(O)N(c1cc(C)c(C)c(C)c1)C(O)C=C. The minimum absolute atomic E-state index is 0.746. The minimum Gasteiger partial charge on any atom is -0.370 e. The lowest BCUT2D eigenvalue weighted by molar-refractivity contribution is 0.136. The molecular weight excluding hydrogens is 226 g/mol. The number of aliphatic hydroxyl groups is 2. The molecule has 0 radical (unpaired) electrons. The van der Waals surface area contributed by atoms with Gasteiger partial charge in [0.2, 0.25) is 0 Å². The molecule has 1 rings (SSSR count). The second-order valence-corrected chi connectivity index (χ2v) is 4.41. The van der Waals surface area contributed by atoms with E-state index in [4.69, 9.17) is 0 Å². The van der Waals surface area contributed by atoms with Gasteiger partial charge >= 0.3 is 0 Å². The predicted molar refractivity (Wildman–Crippen MR) is 75.5 cm³/mol. The quantitative estimate of drug-likeness (QED) is 0.620. The topological polar surface area (TPSA) is 43.7 Å². The van der Waals surface area contributed by atoms with Crippen LogP contribution in [-0.2, 0) is 0 Å². The molecule has 3 heteroatoms. The third kappa shape index (κ3) is 2.81. The van der Waals surface area contributed by atoms with Crippen molar-refractivity contribution in [3.05, 3.63) is 54.1 Å². The Kier molecular flexibility index (Phi) is 4.70. The second kappa shape index (κ2) is 5.85. The van der Waals surface area contributed by atoms with Gasteiger partial charge in [-0.1, -0.05) is 13.2 Å². The van der Waals surface area contributed by atoms with Crippen LogP contribution in [0.5, 0.6) is 0 Å². The van der Waals surface area contributed by atoms with Gasteiger partial charge in [-0.3, -0.25) is 0 Å². The van der Waals surface area contributed by atoms with Crippen LogP contribution in [-0.4, -0.2) is 22.7 Å². The fourth-order valence-electron chi connectivity index (χ4n) is 1.85. The molecule has 98 valence electrons. The lowest BCUT2D eigenvalue weighted by atomic mass is 10.0. The number of benzene rings is 1. The predicted octanol–water partition coefficient (Wildman–Crippen LogP) is 2.43. The summed E-state index contributed by atoms with van der Waals surface area (Å²) in [5.41, 5.74) is 4.18. The van der Waals surface area contributed by atoms with Crippen molar-refractivity contribution < 1.29 is 10.2 Å². The molecule has 3 nitrogen and oxygen atoms in total. The first-order valence-electron chi connectivity index (χ1n) is 5.89. The first-order valence-corrected chi connectivity index (χ1v) is 5.89. The summed E-state index contributed by atoms with van der Waals surface area (Å²) >= 11 is 0. The number of hydrogen-bond acceptors (Lipinski definition) is 3. The monoisotopic (exact) mass is 247 g/mol. The van der Waals surface area contributed by atoms with E-state index < -0.39 is 12.5 Å². The van der Waals surface area contributed by atoms with Crippen LogP contribution in [0.25, 0.3) is 0 Å². The summed E-state index contributed by atoms with van der Waals surface area (Å²) in [7, 11) is 0. The Labute approximate surface area is 109 Å². The van der Waals surface area contributed by atoms with Crippen molar-refractivity contribution in [1.29, 1.82) is 0 Å². The summed E-state index contributed by atoms with van der Waals surface area (Å²) in [4.78, 5) is 1.46. The van der Waals surface area contributed by atoms with Gasteiger partial charge in [0.05, 0.1) is 0 Å². The molecular formula is C15H21NO2. The largest absolute Gasteiger partial charge is 0.370 e. The van der Waals surface area contributed by atoms with E-state index in [-0.39, 0.29) is 0 Å². The van der Waals surface area contributed by atoms with Crippen molar-refractivity contribution in [3.63, 3.8) is 0 Å². The second-order valence-electron chi connectivity index (χ2n) is 4.41. The molecule has 0 aromatic heterocycles. The first-order chi connectivity index (χ1) is 8.42. The Morgan fingerprint density at radius 2 is 1.39 bits per heavy atom. The van der Waals surface area contributed by atoms with Crippen LogP contribution in [0.4, 0.5) is 5.69 Å². The molecule has 1 aromatic rings. The number of rotatable bonds is 5. The maximum atomic E-state index is 9.92. The summed E-state index contributed by atoms with van der Waals surface area (Å²) < 4.78 is 0.